The summed E-state index contributed by atoms with van der Waals surface area (Å²) in [4.78, 5) is 30.4. The molecule has 0 saturated heterocycles. The van der Waals surface area contributed by atoms with Crippen molar-refractivity contribution in [3.63, 3.8) is 0 Å². The lowest BCUT2D eigenvalue weighted by atomic mass is 10.00. The first-order valence-corrected chi connectivity index (χ1v) is 12.7. The highest BCUT2D eigenvalue weighted by molar-refractivity contribution is 7.09. The van der Waals surface area contributed by atoms with Crippen molar-refractivity contribution in [3.8, 4) is 11.5 Å². The van der Waals surface area contributed by atoms with Gasteiger partial charge in [-0.2, -0.15) is 0 Å². The highest BCUT2D eigenvalue weighted by atomic mass is 32.1. The predicted molar refractivity (Wildman–Crippen MR) is 143 cm³/mol. The van der Waals surface area contributed by atoms with Crippen molar-refractivity contribution in [1.29, 1.82) is 0 Å². The second-order valence-corrected chi connectivity index (χ2v) is 10.6. The number of benzene rings is 2. The molecule has 0 spiro atoms. The summed E-state index contributed by atoms with van der Waals surface area (Å²) in [5.74, 6) is 0.413. The van der Waals surface area contributed by atoms with Crippen LogP contribution in [0.1, 0.15) is 37.3 Å². The van der Waals surface area contributed by atoms with Gasteiger partial charge in [0.2, 0.25) is 11.8 Å². The van der Waals surface area contributed by atoms with Crippen LogP contribution in [0.2, 0.25) is 0 Å². The molecule has 0 bridgehead atoms. The molecule has 1 atom stereocenters. The predicted octanol–water partition coefficient (Wildman–Crippen LogP) is 4.19. The minimum atomic E-state index is -0.992. The number of methoxy groups -OCH3 is 2. The first kappa shape index (κ1) is 26.2. The van der Waals surface area contributed by atoms with Crippen LogP contribution in [0.5, 0.6) is 11.5 Å². The standard InChI is InChI=1S/C27H31N5O4S/c1-27(2,3)28-26(34)25(20-15-18(35-4)12-13-23(20)36-5)31(16-19-9-8-14-37-19)24(33)17-32-22-11-7-6-10-21(22)29-30-32/h6-15,25H,16-17H2,1-5H3,(H,28,34)/t25-/m0/s1. The Morgan fingerprint density at radius 3 is 2.54 bits per heavy atom. The van der Waals surface area contributed by atoms with Crippen LogP contribution in [0.4, 0.5) is 0 Å². The summed E-state index contributed by atoms with van der Waals surface area (Å²) in [5, 5.41) is 13.4. The van der Waals surface area contributed by atoms with Crippen LogP contribution in [-0.4, -0.2) is 51.5 Å². The molecule has 2 heterocycles. The largest absolute Gasteiger partial charge is 0.497 e. The molecule has 2 aromatic carbocycles. The molecule has 0 unspecified atom stereocenters. The molecule has 2 aromatic heterocycles. The Bertz CT molecular complexity index is 1380. The molecular weight excluding hydrogens is 490 g/mol. The number of fused-ring (bicyclic) bond motifs is 1. The number of amides is 2. The summed E-state index contributed by atoms with van der Waals surface area (Å²) in [6, 6.07) is 15.6. The van der Waals surface area contributed by atoms with Crippen molar-refractivity contribution in [2.24, 2.45) is 0 Å². The van der Waals surface area contributed by atoms with Crippen LogP contribution in [0.25, 0.3) is 11.0 Å². The van der Waals surface area contributed by atoms with E-state index in [1.165, 1.54) is 18.4 Å². The monoisotopic (exact) mass is 521 g/mol. The third kappa shape index (κ3) is 6.08. The summed E-state index contributed by atoms with van der Waals surface area (Å²) < 4.78 is 12.6. The molecule has 0 aliphatic carbocycles. The van der Waals surface area contributed by atoms with E-state index in [0.29, 0.717) is 22.6 Å². The molecule has 10 heteroatoms. The smallest absolute Gasteiger partial charge is 0.248 e. The number of nitrogens with one attached hydrogen (secondary N) is 1. The van der Waals surface area contributed by atoms with Gasteiger partial charge in [-0.25, -0.2) is 4.68 Å². The van der Waals surface area contributed by atoms with Crippen LogP contribution in [0.3, 0.4) is 0 Å². The molecule has 0 fully saturated rings. The fourth-order valence-electron chi connectivity index (χ4n) is 4.09. The second kappa shape index (κ2) is 11.0. The topological polar surface area (TPSA) is 98.6 Å². The lowest BCUT2D eigenvalue weighted by Crippen LogP contribution is -2.49. The molecule has 0 saturated carbocycles. The van der Waals surface area contributed by atoms with E-state index in [9.17, 15) is 9.59 Å². The number of ether oxygens (including phenoxy) is 2. The average molecular weight is 522 g/mol. The number of hydrogen-bond donors (Lipinski definition) is 1. The maximum Gasteiger partial charge on any atom is 0.248 e. The average Bonchev–Trinajstić information content (AvgIpc) is 3.52. The van der Waals surface area contributed by atoms with Gasteiger partial charge in [0, 0.05) is 16.0 Å². The Morgan fingerprint density at radius 1 is 1.08 bits per heavy atom. The highest BCUT2D eigenvalue weighted by Gasteiger charge is 2.36. The number of rotatable bonds is 9. The molecule has 9 nitrogen and oxygen atoms in total. The van der Waals surface area contributed by atoms with Crippen molar-refractivity contribution in [1.82, 2.24) is 25.2 Å². The number of para-hydroxylation sites is 1. The molecule has 0 radical (unpaired) electrons. The Balaban J connectivity index is 1.82. The zero-order valence-corrected chi connectivity index (χ0v) is 22.4. The number of aromatic nitrogens is 3. The van der Waals surface area contributed by atoms with Crippen LogP contribution >= 0.6 is 11.3 Å². The third-order valence-corrected chi connectivity index (χ3v) is 6.58. The van der Waals surface area contributed by atoms with Crippen molar-refractivity contribution >= 4 is 34.2 Å². The maximum atomic E-state index is 14.0. The minimum Gasteiger partial charge on any atom is -0.497 e. The zero-order chi connectivity index (χ0) is 26.6. The van der Waals surface area contributed by atoms with Crippen LogP contribution in [-0.2, 0) is 22.7 Å². The Kier molecular flexibility index (Phi) is 7.77. The summed E-state index contributed by atoms with van der Waals surface area (Å²) in [6.07, 6.45) is 0. The van der Waals surface area contributed by atoms with E-state index in [0.717, 1.165) is 10.4 Å². The van der Waals surface area contributed by atoms with E-state index in [1.807, 2.05) is 62.5 Å². The van der Waals surface area contributed by atoms with Crippen molar-refractivity contribution in [2.45, 2.75) is 45.4 Å². The maximum absolute atomic E-state index is 14.0. The Labute approximate surface area is 220 Å². The van der Waals surface area contributed by atoms with Gasteiger partial charge in [-0.1, -0.05) is 23.4 Å². The van der Waals surface area contributed by atoms with Gasteiger partial charge in [0.05, 0.1) is 26.3 Å². The number of carbonyl (C=O) groups excluding carboxylic acids is 2. The van der Waals surface area contributed by atoms with Crippen molar-refractivity contribution in [2.75, 3.05) is 14.2 Å². The van der Waals surface area contributed by atoms with Gasteiger partial charge in [0.15, 0.2) is 0 Å². The number of hydrogen-bond acceptors (Lipinski definition) is 7. The normalized spacial score (nSPS) is 12.2. The van der Waals surface area contributed by atoms with E-state index >= 15 is 0 Å². The number of carbonyl (C=O) groups is 2. The Hall–Kier alpha value is -3.92. The summed E-state index contributed by atoms with van der Waals surface area (Å²) in [6.45, 7) is 5.84. The van der Waals surface area contributed by atoms with Crippen LogP contribution < -0.4 is 14.8 Å². The van der Waals surface area contributed by atoms with Gasteiger partial charge in [-0.3, -0.25) is 9.59 Å². The molecule has 1 N–H and O–H groups in total. The molecule has 4 aromatic rings. The minimum absolute atomic E-state index is 0.0858. The van der Waals surface area contributed by atoms with Gasteiger partial charge in [-0.15, -0.1) is 16.4 Å². The molecule has 37 heavy (non-hydrogen) atoms. The lowest BCUT2D eigenvalue weighted by molar-refractivity contribution is -0.142. The van der Waals surface area contributed by atoms with Gasteiger partial charge in [0.25, 0.3) is 0 Å². The summed E-state index contributed by atoms with van der Waals surface area (Å²) >= 11 is 1.52. The van der Waals surface area contributed by atoms with Crippen LogP contribution in [0.15, 0.2) is 60.0 Å². The molecule has 0 aliphatic heterocycles. The number of nitrogens with zero attached hydrogens (tertiary/aromatic N) is 4. The SMILES string of the molecule is COc1ccc(OC)c([C@@H](C(=O)NC(C)(C)C)N(Cc2cccs2)C(=O)Cn2nnc3ccccc32)c1. The lowest BCUT2D eigenvalue weighted by Gasteiger charge is -2.34. The highest BCUT2D eigenvalue weighted by Crippen LogP contribution is 2.35. The third-order valence-electron chi connectivity index (χ3n) is 5.72. The first-order chi connectivity index (χ1) is 17.7. The van der Waals surface area contributed by atoms with E-state index in [4.69, 9.17) is 9.47 Å². The van der Waals surface area contributed by atoms with Gasteiger partial charge >= 0.3 is 0 Å². The van der Waals surface area contributed by atoms with Gasteiger partial charge < -0.3 is 19.7 Å². The second-order valence-electron chi connectivity index (χ2n) is 9.59. The number of thiophene rings is 1. The van der Waals surface area contributed by atoms with Crippen molar-refractivity contribution < 1.29 is 19.1 Å². The molecule has 0 aliphatic rings. The molecule has 194 valence electrons. The summed E-state index contributed by atoms with van der Waals surface area (Å²) in [7, 11) is 3.09. The molecular formula is C27H31N5O4S. The fraction of sp³-hybridized carbons (Fsp3) is 0.333. The summed E-state index contributed by atoms with van der Waals surface area (Å²) in [5.41, 5.74) is 1.43. The van der Waals surface area contributed by atoms with E-state index in [1.54, 1.807) is 34.9 Å². The fourth-order valence-corrected chi connectivity index (χ4v) is 4.79. The van der Waals surface area contributed by atoms with Gasteiger partial charge in [0.1, 0.15) is 29.6 Å². The molecule has 2 amide bonds. The van der Waals surface area contributed by atoms with Gasteiger partial charge in [-0.05, 0) is 62.5 Å². The van der Waals surface area contributed by atoms with Crippen molar-refractivity contribution in [3.05, 3.63) is 70.4 Å². The quantitative estimate of drug-likeness (QED) is 0.355. The van der Waals surface area contributed by atoms with Crippen LogP contribution in [0, 0.1) is 0 Å². The van der Waals surface area contributed by atoms with E-state index in [-0.39, 0.29) is 24.9 Å². The van der Waals surface area contributed by atoms with E-state index in [2.05, 4.69) is 15.6 Å². The molecule has 4 rings (SSSR count). The zero-order valence-electron chi connectivity index (χ0n) is 21.6. The Morgan fingerprint density at radius 2 is 1.86 bits per heavy atom. The van der Waals surface area contributed by atoms with E-state index < -0.39 is 11.6 Å². The first-order valence-electron chi connectivity index (χ1n) is 11.8.